The number of hydrogen-bond donors (Lipinski definition) is 0. The molecule has 4 rings (SSSR count). The smallest absolute Gasteiger partial charge is 0.260 e. The van der Waals surface area contributed by atoms with Crippen molar-refractivity contribution in [2.24, 2.45) is 0 Å². The molecule has 2 aromatic carbocycles. The van der Waals surface area contributed by atoms with E-state index in [0.717, 1.165) is 16.7 Å². The summed E-state index contributed by atoms with van der Waals surface area (Å²) in [6.07, 6.45) is 2.14. The van der Waals surface area contributed by atoms with Gasteiger partial charge < -0.3 is 19.1 Å². The van der Waals surface area contributed by atoms with Crippen LogP contribution in [0.4, 0.5) is 4.39 Å². The highest BCUT2D eigenvalue weighted by Crippen LogP contribution is 2.24. The summed E-state index contributed by atoms with van der Waals surface area (Å²) in [5.41, 5.74) is 2.77. The first-order valence-corrected chi connectivity index (χ1v) is 10.6. The Morgan fingerprint density at radius 1 is 1.03 bits per heavy atom. The molecule has 0 aliphatic carbocycles. The first-order chi connectivity index (χ1) is 15.7. The van der Waals surface area contributed by atoms with Gasteiger partial charge in [-0.15, -0.1) is 0 Å². The molecule has 7 heteroatoms. The van der Waals surface area contributed by atoms with E-state index in [1.807, 2.05) is 24.3 Å². The van der Waals surface area contributed by atoms with E-state index < -0.39 is 0 Å². The molecule has 32 heavy (non-hydrogen) atoms. The predicted molar refractivity (Wildman–Crippen MR) is 117 cm³/mol. The number of halogens is 1. The summed E-state index contributed by atoms with van der Waals surface area (Å²) in [5.74, 6) is 0.608. The SMILES string of the molecule is O=C(COc1ccccn1)N1CCOCCOc2ccc(F)cc2Cc2cccc(c2)C1. The van der Waals surface area contributed by atoms with Crippen LogP contribution in [-0.2, 0) is 22.5 Å². The summed E-state index contributed by atoms with van der Waals surface area (Å²) >= 11 is 0. The third-order valence-corrected chi connectivity index (χ3v) is 5.11. The van der Waals surface area contributed by atoms with Crippen LogP contribution in [0, 0.1) is 5.82 Å². The number of ether oxygens (including phenoxy) is 3. The average molecular weight is 436 g/mol. The molecule has 0 fully saturated rings. The van der Waals surface area contributed by atoms with Crippen molar-refractivity contribution < 1.29 is 23.4 Å². The van der Waals surface area contributed by atoms with Crippen LogP contribution in [0.3, 0.4) is 0 Å². The van der Waals surface area contributed by atoms with Crippen LogP contribution in [0.25, 0.3) is 0 Å². The summed E-state index contributed by atoms with van der Waals surface area (Å²) in [6.45, 7) is 1.83. The summed E-state index contributed by atoms with van der Waals surface area (Å²) in [7, 11) is 0. The minimum absolute atomic E-state index is 0.105. The third-order valence-electron chi connectivity index (χ3n) is 5.11. The fourth-order valence-corrected chi connectivity index (χ4v) is 3.54. The molecule has 1 amide bonds. The largest absolute Gasteiger partial charge is 0.491 e. The molecule has 2 bridgehead atoms. The number of benzene rings is 2. The highest BCUT2D eigenvalue weighted by Gasteiger charge is 2.16. The molecule has 0 radical (unpaired) electrons. The van der Waals surface area contributed by atoms with Crippen LogP contribution < -0.4 is 9.47 Å². The van der Waals surface area contributed by atoms with E-state index in [1.54, 1.807) is 35.4 Å². The first kappa shape index (κ1) is 21.8. The van der Waals surface area contributed by atoms with Gasteiger partial charge in [-0.3, -0.25) is 4.79 Å². The van der Waals surface area contributed by atoms with Crippen molar-refractivity contribution in [2.75, 3.05) is 33.0 Å². The summed E-state index contributed by atoms with van der Waals surface area (Å²) in [6, 6.07) is 17.8. The van der Waals surface area contributed by atoms with Gasteiger partial charge in [0.1, 0.15) is 18.2 Å². The standard InChI is InChI=1S/C25H25FN2O4/c26-22-7-8-23-21(16-22)15-19-4-3-5-20(14-19)17-28(10-11-30-12-13-31-23)25(29)18-32-24-6-1-2-9-27-24/h1-9,14,16H,10-13,15,17-18H2. The maximum Gasteiger partial charge on any atom is 0.260 e. The van der Waals surface area contributed by atoms with Crippen molar-refractivity contribution in [3.63, 3.8) is 0 Å². The number of carbonyl (C=O) groups is 1. The van der Waals surface area contributed by atoms with Gasteiger partial charge in [0, 0.05) is 37.3 Å². The maximum absolute atomic E-state index is 13.8. The molecule has 1 aromatic heterocycles. The zero-order valence-corrected chi connectivity index (χ0v) is 17.7. The van der Waals surface area contributed by atoms with Gasteiger partial charge in [-0.1, -0.05) is 30.3 Å². The summed E-state index contributed by atoms with van der Waals surface area (Å²) in [4.78, 5) is 18.7. The molecular weight excluding hydrogens is 411 g/mol. The fraction of sp³-hybridized carbons (Fsp3) is 0.280. The van der Waals surface area contributed by atoms with Crippen LogP contribution in [-0.4, -0.2) is 48.8 Å². The molecule has 0 saturated heterocycles. The van der Waals surface area contributed by atoms with Gasteiger partial charge in [0.25, 0.3) is 5.91 Å². The Balaban J connectivity index is 1.51. The highest BCUT2D eigenvalue weighted by molar-refractivity contribution is 5.77. The maximum atomic E-state index is 13.8. The molecule has 1 aliphatic heterocycles. The Morgan fingerprint density at radius 3 is 2.81 bits per heavy atom. The number of nitrogens with zero attached hydrogens (tertiary/aromatic N) is 2. The molecule has 2 heterocycles. The Labute approximate surface area is 186 Å². The third kappa shape index (κ3) is 6.04. The minimum atomic E-state index is -0.300. The summed E-state index contributed by atoms with van der Waals surface area (Å²) < 4.78 is 30.9. The Morgan fingerprint density at radius 2 is 1.94 bits per heavy atom. The van der Waals surface area contributed by atoms with E-state index in [1.165, 1.54) is 12.1 Å². The van der Waals surface area contributed by atoms with Crippen LogP contribution in [0.1, 0.15) is 16.7 Å². The van der Waals surface area contributed by atoms with Gasteiger partial charge >= 0.3 is 0 Å². The zero-order valence-electron chi connectivity index (χ0n) is 17.7. The molecule has 0 spiro atoms. The number of pyridine rings is 1. The van der Waals surface area contributed by atoms with Crippen LogP contribution in [0.5, 0.6) is 11.6 Å². The van der Waals surface area contributed by atoms with E-state index in [9.17, 15) is 9.18 Å². The average Bonchev–Trinajstić information content (AvgIpc) is 2.80. The van der Waals surface area contributed by atoms with Gasteiger partial charge in [-0.2, -0.15) is 0 Å². The normalized spacial score (nSPS) is 14.6. The Kier molecular flexibility index (Phi) is 7.30. The molecule has 1 aliphatic rings. The second-order valence-corrected chi connectivity index (χ2v) is 7.48. The quantitative estimate of drug-likeness (QED) is 0.628. The van der Waals surface area contributed by atoms with Crippen molar-refractivity contribution in [3.05, 3.63) is 89.4 Å². The molecular formula is C25H25FN2O4. The van der Waals surface area contributed by atoms with E-state index in [-0.39, 0.29) is 18.3 Å². The number of carbonyl (C=O) groups excluding carboxylic acids is 1. The second kappa shape index (κ2) is 10.7. The lowest BCUT2D eigenvalue weighted by molar-refractivity contribution is -0.134. The lowest BCUT2D eigenvalue weighted by Gasteiger charge is -2.23. The van der Waals surface area contributed by atoms with Crippen molar-refractivity contribution in [2.45, 2.75) is 13.0 Å². The van der Waals surface area contributed by atoms with Crippen molar-refractivity contribution in [3.8, 4) is 11.6 Å². The Hall–Kier alpha value is -3.45. The highest BCUT2D eigenvalue weighted by atomic mass is 19.1. The van der Waals surface area contributed by atoms with Gasteiger partial charge in [0.15, 0.2) is 6.61 Å². The molecule has 0 saturated carbocycles. The predicted octanol–water partition coefficient (Wildman–Crippen LogP) is 3.63. The van der Waals surface area contributed by atoms with E-state index in [2.05, 4.69) is 4.98 Å². The second-order valence-electron chi connectivity index (χ2n) is 7.48. The Bertz CT molecular complexity index is 1050. The zero-order chi connectivity index (χ0) is 22.2. The van der Waals surface area contributed by atoms with Crippen LogP contribution in [0.15, 0.2) is 66.9 Å². The van der Waals surface area contributed by atoms with Gasteiger partial charge in [0.2, 0.25) is 5.88 Å². The minimum Gasteiger partial charge on any atom is -0.491 e. The van der Waals surface area contributed by atoms with E-state index in [0.29, 0.717) is 51.0 Å². The number of fused-ring (bicyclic) bond motifs is 3. The first-order valence-electron chi connectivity index (χ1n) is 10.6. The van der Waals surface area contributed by atoms with Gasteiger partial charge in [-0.25, -0.2) is 9.37 Å². The molecule has 0 N–H and O–H groups in total. The molecule has 6 nitrogen and oxygen atoms in total. The van der Waals surface area contributed by atoms with E-state index in [4.69, 9.17) is 14.2 Å². The lowest BCUT2D eigenvalue weighted by atomic mass is 10.0. The van der Waals surface area contributed by atoms with Crippen molar-refractivity contribution in [1.29, 1.82) is 0 Å². The topological polar surface area (TPSA) is 60.9 Å². The molecule has 0 unspecified atom stereocenters. The number of amides is 1. The number of hydrogen-bond acceptors (Lipinski definition) is 5. The summed E-state index contributed by atoms with van der Waals surface area (Å²) in [5, 5.41) is 0. The van der Waals surface area contributed by atoms with Crippen molar-refractivity contribution >= 4 is 5.91 Å². The fourth-order valence-electron chi connectivity index (χ4n) is 3.54. The number of rotatable bonds is 3. The molecule has 0 atom stereocenters. The molecule has 166 valence electrons. The van der Waals surface area contributed by atoms with Gasteiger partial charge in [0.05, 0.1) is 13.2 Å². The van der Waals surface area contributed by atoms with Crippen LogP contribution >= 0.6 is 0 Å². The van der Waals surface area contributed by atoms with Gasteiger partial charge in [-0.05, 0) is 35.4 Å². The van der Waals surface area contributed by atoms with Crippen molar-refractivity contribution in [1.82, 2.24) is 9.88 Å². The lowest BCUT2D eigenvalue weighted by Crippen LogP contribution is -2.37. The number of aromatic nitrogens is 1. The van der Waals surface area contributed by atoms with Crippen LogP contribution in [0.2, 0.25) is 0 Å². The molecule has 3 aromatic rings. The van der Waals surface area contributed by atoms with E-state index >= 15 is 0 Å². The monoisotopic (exact) mass is 436 g/mol.